The maximum Gasteiger partial charge on any atom is 0.164 e. The molecule has 2 aromatic carbocycles. The van der Waals surface area contributed by atoms with Crippen molar-refractivity contribution >= 4 is 28.0 Å². The summed E-state index contributed by atoms with van der Waals surface area (Å²) < 4.78 is 0. The molecule has 4 nitrogen and oxygen atoms in total. The SMILES string of the molecule is CC(=O)C(=C(N)c1ccccc1)c1[nH]c2ccc(C)cc2c1CCN(C)C. The maximum atomic E-state index is 12.6. The Hall–Kier alpha value is -2.85. The molecule has 0 spiro atoms. The van der Waals surface area contributed by atoms with Crippen molar-refractivity contribution in [1.82, 2.24) is 9.88 Å². The van der Waals surface area contributed by atoms with Crippen molar-refractivity contribution in [2.24, 2.45) is 5.73 Å². The van der Waals surface area contributed by atoms with Crippen LogP contribution in [0, 0.1) is 6.92 Å². The Morgan fingerprint density at radius 2 is 1.81 bits per heavy atom. The first kappa shape index (κ1) is 18.9. The van der Waals surface area contributed by atoms with Gasteiger partial charge in [-0.15, -0.1) is 0 Å². The molecule has 0 aliphatic heterocycles. The highest BCUT2D eigenvalue weighted by Crippen LogP contribution is 2.32. The number of likely N-dealkylation sites (N-methyl/N-ethyl adjacent to an activating group) is 1. The summed E-state index contributed by atoms with van der Waals surface area (Å²) in [6.45, 7) is 4.56. The van der Waals surface area contributed by atoms with Gasteiger partial charge < -0.3 is 15.6 Å². The number of hydrogen-bond acceptors (Lipinski definition) is 3. The summed E-state index contributed by atoms with van der Waals surface area (Å²) in [6.07, 6.45) is 0.838. The highest BCUT2D eigenvalue weighted by Gasteiger charge is 2.21. The summed E-state index contributed by atoms with van der Waals surface area (Å²) in [5.41, 5.74) is 12.6. The Kier molecular flexibility index (Phi) is 5.47. The number of hydrogen-bond donors (Lipinski definition) is 2. The number of benzene rings is 2. The molecule has 0 aliphatic rings. The molecule has 0 radical (unpaired) electrons. The van der Waals surface area contributed by atoms with Crippen LogP contribution in [0.3, 0.4) is 0 Å². The molecule has 3 rings (SSSR count). The molecular formula is C23H27N3O. The van der Waals surface area contributed by atoms with Gasteiger partial charge in [0.25, 0.3) is 0 Å². The molecule has 0 atom stereocenters. The Balaban J connectivity index is 2.26. The van der Waals surface area contributed by atoms with E-state index < -0.39 is 0 Å². The minimum Gasteiger partial charge on any atom is -0.398 e. The molecule has 0 amide bonds. The Bertz CT molecular complexity index is 997. The third-order valence-corrected chi connectivity index (χ3v) is 4.83. The highest BCUT2D eigenvalue weighted by atomic mass is 16.1. The number of ketones is 1. The zero-order valence-electron chi connectivity index (χ0n) is 16.5. The lowest BCUT2D eigenvalue weighted by Gasteiger charge is -2.13. The van der Waals surface area contributed by atoms with Crippen LogP contribution in [-0.4, -0.2) is 36.3 Å². The van der Waals surface area contributed by atoms with Crippen molar-refractivity contribution in [2.45, 2.75) is 20.3 Å². The van der Waals surface area contributed by atoms with Gasteiger partial charge in [0.1, 0.15) is 0 Å². The lowest BCUT2D eigenvalue weighted by atomic mass is 9.96. The third-order valence-electron chi connectivity index (χ3n) is 4.83. The molecule has 0 fully saturated rings. The van der Waals surface area contributed by atoms with E-state index in [0.29, 0.717) is 11.3 Å². The van der Waals surface area contributed by atoms with Crippen LogP contribution in [0.25, 0.3) is 22.2 Å². The topological polar surface area (TPSA) is 62.1 Å². The van der Waals surface area contributed by atoms with Gasteiger partial charge in [0, 0.05) is 17.4 Å². The Morgan fingerprint density at radius 3 is 2.44 bits per heavy atom. The minimum absolute atomic E-state index is 0.0364. The summed E-state index contributed by atoms with van der Waals surface area (Å²) in [4.78, 5) is 18.2. The number of carbonyl (C=O) groups is 1. The number of rotatable bonds is 6. The molecule has 4 heteroatoms. The second-order valence-electron chi connectivity index (χ2n) is 7.29. The summed E-state index contributed by atoms with van der Waals surface area (Å²) >= 11 is 0. The molecule has 0 saturated carbocycles. The van der Waals surface area contributed by atoms with E-state index in [0.717, 1.165) is 40.7 Å². The fraction of sp³-hybridized carbons (Fsp3) is 0.261. The number of fused-ring (bicyclic) bond motifs is 1. The molecule has 3 N–H and O–H groups in total. The van der Waals surface area contributed by atoms with E-state index in [4.69, 9.17) is 5.73 Å². The molecule has 0 unspecified atom stereocenters. The second-order valence-corrected chi connectivity index (χ2v) is 7.29. The van der Waals surface area contributed by atoms with E-state index in [2.05, 4.69) is 49.1 Å². The van der Waals surface area contributed by atoms with Gasteiger partial charge in [-0.3, -0.25) is 4.79 Å². The largest absolute Gasteiger partial charge is 0.398 e. The molecule has 0 saturated heterocycles. The number of H-pyrrole nitrogens is 1. The number of aromatic nitrogens is 1. The fourth-order valence-electron chi connectivity index (χ4n) is 3.43. The standard InChI is InChI=1S/C23H27N3O/c1-15-10-11-20-19(14-15)18(12-13-26(3)4)23(25-20)21(16(2)27)22(24)17-8-6-5-7-9-17/h5-11,14,25H,12-13,24H2,1-4H3. The number of Topliss-reactive ketones (excluding diaryl/α,β-unsaturated/α-hetero) is 1. The van der Waals surface area contributed by atoms with E-state index in [9.17, 15) is 4.79 Å². The first-order chi connectivity index (χ1) is 12.9. The van der Waals surface area contributed by atoms with Gasteiger partial charge in [0.05, 0.1) is 17.0 Å². The first-order valence-electron chi connectivity index (χ1n) is 9.21. The van der Waals surface area contributed by atoms with Crippen molar-refractivity contribution in [3.63, 3.8) is 0 Å². The summed E-state index contributed by atoms with van der Waals surface area (Å²) in [7, 11) is 4.11. The molecule has 1 heterocycles. The Morgan fingerprint density at radius 1 is 1.11 bits per heavy atom. The zero-order chi connectivity index (χ0) is 19.6. The maximum absolute atomic E-state index is 12.6. The van der Waals surface area contributed by atoms with Gasteiger partial charge in [0.2, 0.25) is 0 Å². The van der Waals surface area contributed by atoms with Gasteiger partial charge in [-0.05, 0) is 57.6 Å². The molecule has 27 heavy (non-hydrogen) atoms. The highest BCUT2D eigenvalue weighted by molar-refractivity contribution is 6.27. The summed E-state index contributed by atoms with van der Waals surface area (Å²) in [5, 5.41) is 1.16. The summed E-state index contributed by atoms with van der Waals surface area (Å²) in [5.74, 6) is -0.0364. The predicted octanol–water partition coefficient (Wildman–Crippen LogP) is 4.00. The predicted molar refractivity (Wildman–Crippen MR) is 113 cm³/mol. The quantitative estimate of drug-likeness (QED) is 0.653. The zero-order valence-corrected chi connectivity index (χ0v) is 16.5. The van der Waals surface area contributed by atoms with Crippen molar-refractivity contribution in [3.05, 3.63) is 70.9 Å². The molecule has 1 aromatic heterocycles. The number of aryl methyl sites for hydroxylation is 1. The van der Waals surface area contributed by atoms with Crippen LogP contribution in [0.5, 0.6) is 0 Å². The molecule has 0 aliphatic carbocycles. The normalized spacial score (nSPS) is 12.5. The van der Waals surface area contributed by atoms with Crippen LogP contribution >= 0.6 is 0 Å². The van der Waals surface area contributed by atoms with Crippen LogP contribution in [0.2, 0.25) is 0 Å². The molecular weight excluding hydrogens is 334 g/mol. The smallest absolute Gasteiger partial charge is 0.164 e. The first-order valence-corrected chi connectivity index (χ1v) is 9.21. The lowest BCUT2D eigenvalue weighted by Crippen LogP contribution is -2.16. The average molecular weight is 361 g/mol. The van der Waals surface area contributed by atoms with E-state index in [-0.39, 0.29) is 5.78 Å². The molecule has 140 valence electrons. The van der Waals surface area contributed by atoms with Crippen LogP contribution in [-0.2, 0) is 11.2 Å². The van der Waals surface area contributed by atoms with Gasteiger partial charge in [-0.2, -0.15) is 0 Å². The van der Waals surface area contributed by atoms with E-state index in [1.54, 1.807) is 6.92 Å². The van der Waals surface area contributed by atoms with Crippen molar-refractivity contribution in [2.75, 3.05) is 20.6 Å². The molecule has 0 bridgehead atoms. The number of nitrogens with zero attached hydrogens (tertiary/aromatic N) is 1. The van der Waals surface area contributed by atoms with Crippen molar-refractivity contribution in [3.8, 4) is 0 Å². The number of aromatic amines is 1. The van der Waals surface area contributed by atoms with Gasteiger partial charge in [-0.25, -0.2) is 0 Å². The van der Waals surface area contributed by atoms with Crippen LogP contribution in [0.1, 0.15) is 29.3 Å². The van der Waals surface area contributed by atoms with Gasteiger partial charge >= 0.3 is 0 Å². The fourth-order valence-corrected chi connectivity index (χ4v) is 3.43. The van der Waals surface area contributed by atoms with Crippen LogP contribution < -0.4 is 5.73 Å². The Labute approximate surface area is 160 Å². The minimum atomic E-state index is -0.0364. The van der Waals surface area contributed by atoms with Crippen LogP contribution in [0.15, 0.2) is 48.5 Å². The van der Waals surface area contributed by atoms with E-state index in [1.165, 1.54) is 5.56 Å². The number of nitrogens with two attached hydrogens (primary N) is 1. The lowest BCUT2D eigenvalue weighted by molar-refractivity contribution is -0.111. The van der Waals surface area contributed by atoms with E-state index in [1.807, 2.05) is 30.3 Å². The number of allylic oxidation sites excluding steroid dienone is 1. The second kappa shape index (κ2) is 7.80. The van der Waals surface area contributed by atoms with Gasteiger partial charge in [-0.1, -0.05) is 42.0 Å². The average Bonchev–Trinajstić information content (AvgIpc) is 2.97. The number of nitrogens with one attached hydrogen (secondary N) is 1. The third kappa shape index (κ3) is 3.96. The van der Waals surface area contributed by atoms with Gasteiger partial charge in [0.15, 0.2) is 5.78 Å². The van der Waals surface area contributed by atoms with Crippen molar-refractivity contribution < 1.29 is 4.79 Å². The monoisotopic (exact) mass is 361 g/mol. The van der Waals surface area contributed by atoms with Crippen LogP contribution in [0.4, 0.5) is 0 Å². The van der Waals surface area contributed by atoms with Crippen molar-refractivity contribution in [1.29, 1.82) is 0 Å². The van der Waals surface area contributed by atoms with E-state index >= 15 is 0 Å². The summed E-state index contributed by atoms with van der Waals surface area (Å²) in [6, 6.07) is 16.0. The molecule has 3 aromatic rings. The number of carbonyl (C=O) groups excluding carboxylic acids is 1.